The summed E-state index contributed by atoms with van der Waals surface area (Å²) in [5, 5.41) is 16.9. The minimum Gasteiger partial charge on any atom is -0.480 e. The van der Waals surface area contributed by atoms with Crippen molar-refractivity contribution in [2.45, 2.75) is 17.4 Å². The van der Waals surface area contributed by atoms with Crippen molar-refractivity contribution in [2.24, 2.45) is 4.99 Å². The molecule has 3 heterocycles. The molecule has 0 saturated carbocycles. The second kappa shape index (κ2) is 11.0. The molecule has 200 valence electrons. The molecule has 1 atom stereocenters. The minimum atomic E-state index is -4.26. The number of carboxylic acid groups (broad SMARTS) is 1. The lowest BCUT2D eigenvalue weighted by atomic mass is 10.1. The van der Waals surface area contributed by atoms with Gasteiger partial charge in [0, 0.05) is 31.1 Å². The number of aromatic amines is 1. The fourth-order valence-corrected chi connectivity index (χ4v) is 5.56. The van der Waals surface area contributed by atoms with Crippen LogP contribution in [-0.4, -0.2) is 66.1 Å². The zero-order valence-corrected chi connectivity index (χ0v) is 21.4. The van der Waals surface area contributed by atoms with E-state index in [0.717, 1.165) is 24.6 Å². The maximum Gasteiger partial charge on any atom is 0.322 e. The molecule has 0 amide bonds. The van der Waals surface area contributed by atoms with Crippen LogP contribution in [0.2, 0.25) is 0 Å². The van der Waals surface area contributed by atoms with E-state index in [2.05, 4.69) is 35.3 Å². The standard InChI is InChI=1S/C26H25N7O5S/c34-24-18-14-16(4-2-11-28-26-29-12-13-30-26)8-9-19(18)31-22(32-24)15-20(25(35)36)33-39(37,38)21-7-1-5-17-6-3-10-27-23(17)21/h1-10,14,20,33H,11-13,15H2,(H,35,36)(H2,28,29,30)(H,31,32,34)/t20-/m0/s1. The molecule has 2 aromatic heterocycles. The van der Waals surface area contributed by atoms with Crippen molar-refractivity contribution in [3.8, 4) is 0 Å². The molecule has 4 aromatic rings. The van der Waals surface area contributed by atoms with Crippen molar-refractivity contribution in [1.29, 1.82) is 0 Å². The van der Waals surface area contributed by atoms with Gasteiger partial charge in [0.1, 0.15) is 16.8 Å². The molecule has 12 nitrogen and oxygen atoms in total. The number of nitrogens with zero attached hydrogens (tertiary/aromatic N) is 3. The van der Waals surface area contributed by atoms with Crippen molar-refractivity contribution < 1.29 is 18.3 Å². The Morgan fingerprint density at radius 2 is 2.03 bits per heavy atom. The molecule has 13 heteroatoms. The third-order valence-corrected chi connectivity index (χ3v) is 7.53. The quantitative estimate of drug-likeness (QED) is 0.204. The van der Waals surface area contributed by atoms with Gasteiger partial charge in [-0.1, -0.05) is 36.4 Å². The zero-order valence-electron chi connectivity index (χ0n) is 20.6. The predicted molar refractivity (Wildman–Crippen MR) is 147 cm³/mol. The van der Waals surface area contributed by atoms with E-state index in [1.165, 1.54) is 12.3 Å². The van der Waals surface area contributed by atoms with E-state index in [1.807, 2.05) is 12.2 Å². The molecule has 0 saturated heterocycles. The molecule has 39 heavy (non-hydrogen) atoms. The Morgan fingerprint density at radius 1 is 1.18 bits per heavy atom. The van der Waals surface area contributed by atoms with Gasteiger partial charge in [-0.15, -0.1) is 0 Å². The van der Waals surface area contributed by atoms with Crippen molar-refractivity contribution in [2.75, 3.05) is 19.6 Å². The van der Waals surface area contributed by atoms with Crippen molar-refractivity contribution in [3.05, 3.63) is 82.5 Å². The van der Waals surface area contributed by atoms with Gasteiger partial charge in [0.15, 0.2) is 5.96 Å². The zero-order chi connectivity index (χ0) is 27.4. The summed E-state index contributed by atoms with van der Waals surface area (Å²) in [5.41, 5.74) is 0.904. The lowest BCUT2D eigenvalue weighted by Crippen LogP contribution is -2.43. The summed E-state index contributed by atoms with van der Waals surface area (Å²) < 4.78 is 28.5. The largest absolute Gasteiger partial charge is 0.480 e. The van der Waals surface area contributed by atoms with E-state index in [1.54, 1.807) is 42.5 Å². The first-order chi connectivity index (χ1) is 18.8. The first-order valence-corrected chi connectivity index (χ1v) is 13.6. The normalized spacial score (nSPS) is 14.4. The summed E-state index contributed by atoms with van der Waals surface area (Å²) in [6, 6.07) is 11.5. The number of benzene rings is 2. The topological polar surface area (TPSA) is 179 Å². The van der Waals surface area contributed by atoms with Crippen LogP contribution in [0.5, 0.6) is 0 Å². The van der Waals surface area contributed by atoms with Crippen LogP contribution in [0.4, 0.5) is 0 Å². The minimum absolute atomic E-state index is 0.0379. The molecule has 0 aliphatic carbocycles. The van der Waals surface area contributed by atoms with Gasteiger partial charge in [0.05, 0.1) is 23.0 Å². The molecule has 2 aromatic carbocycles. The third-order valence-electron chi connectivity index (χ3n) is 6.03. The highest BCUT2D eigenvalue weighted by molar-refractivity contribution is 7.89. The average Bonchev–Trinajstić information content (AvgIpc) is 3.44. The number of aromatic nitrogens is 3. The van der Waals surface area contributed by atoms with E-state index >= 15 is 0 Å². The number of guanidine groups is 1. The summed E-state index contributed by atoms with van der Waals surface area (Å²) >= 11 is 0. The van der Waals surface area contributed by atoms with Crippen molar-refractivity contribution >= 4 is 49.8 Å². The van der Waals surface area contributed by atoms with E-state index in [9.17, 15) is 23.1 Å². The Morgan fingerprint density at radius 3 is 2.82 bits per heavy atom. The Kier molecular flexibility index (Phi) is 7.34. The number of nitrogens with one attached hydrogen (secondary N) is 4. The summed E-state index contributed by atoms with van der Waals surface area (Å²) in [6.45, 7) is 2.11. The number of carbonyl (C=O) groups is 1. The molecular formula is C26H25N7O5S. The first kappa shape index (κ1) is 26.0. The fraction of sp³-hybridized carbons (Fsp3) is 0.192. The van der Waals surface area contributed by atoms with Crippen molar-refractivity contribution in [1.82, 2.24) is 30.3 Å². The third kappa shape index (κ3) is 5.94. The second-order valence-corrected chi connectivity index (χ2v) is 10.5. The molecule has 0 fully saturated rings. The second-order valence-electron chi connectivity index (χ2n) is 8.78. The van der Waals surface area contributed by atoms with Crippen molar-refractivity contribution in [3.63, 3.8) is 0 Å². The van der Waals surface area contributed by atoms with E-state index in [0.29, 0.717) is 22.8 Å². The van der Waals surface area contributed by atoms with Crippen LogP contribution in [-0.2, 0) is 21.2 Å². The monoisotopic (exact) mass is 547 g/mol. The molecule has 0 spiro atoms. The van der Waals surface area contributed by atoms with Gasteiger partial charge in [-0.2, -0.15) is 4.72 Å². The summed E-state index contributed by atoms with van der Waals surface area (Å²) in [6.07, 6.45) is 4.84. The number of pyridine rings is 1. The summed E-state index contributed by atoms with van der Waals surface area (Å²) in [4.78, 5) is 40.0. The van der Waals surface area contributed by atoms with Gasteiger partial charge in [0.2, 0.25) is 10.0 Å². The number of H-pyrrole nitrogens is 1. The van der Waals surface area contributed by atoms with Crippen LogP contribution in [0, 0.1) is 0 Å². The molecule has 1 aliphatic rings. The number of hydrogen-bond acceptors (Lipinski definition) is 9. The number of para-hydroxylation sites is 1. The van der Waals surface area contributed by atoms with Gasteiger partial charge in [-0.05, 0) is 29.8 Å². The van der Waals surface area contributed by atoms with Crippen LogP contribution in [0.1, 0.15) is 11.4 Å². The lowest BCUT2D eigenvalue weighted by molar-refractivity contribution is -0.139. The number of hydrogen-bond donors (Lipinski definition) is 5. The number of fused-ring (bicyclic) bond motifs is 2. The molecule has 0 radical (unpaired) electrons. The summed E-state index contributed by atoms with van der Waals surface area (Å²) in [5.74, 6) is -0.625. The van der Waals surface area contributed by atoms with Gasteiger partial charge >= 0.3 is 5.97 Å². The van der Waals surface area contributed by atoms with Crippen LogP contribution in [0.3, 0.4) is 0 Å². The number of rotatable bonds is 9. The smallest absolute Gasteiger partial charge is 0.322 e. The molecular weight excluding hydrogens is 522 g/mol. The Balaban J connectivity index is 1.34. The highest BCUT2D eigenvalue weighted by Gasteiger charge is 2.28. The first-order valence-electron chi connectivity index (χ1n) is 12.1. The van der Waals surface area contributed by atoms with Gasteiger partial charge in [0.25, 0.3) is 5.56 Å². The van der Waals surface area contributed by atoms with E-state index in [-0.39, 0.29) is 22.7 Å². The summed E-state index contributed by atoms with van der Waals surface area (Å²) in [7, 11) is -4.26. The van der Waals surface area contributed by atoms with Gasteiger partial charge < -0.3 is 20.7 Å². The fourth-order valence-electron chi connectivity index (χ4n) is 4.19. The van der Waals surface area contributed by atoms with Crippen LogP contribution >= 0.6 is 0 Å². The Bertz CT molecular complexity index is 1780. The van der Waals surface area contributed by atoms with Crippen LogP contribution in [0.25, 0.3) is 27.9 Å². The van der Waals surface area contributed by atoms with Crippen LogP contribution in [0.15, 0.2) is 75.5 Å². The average molecular weight is 548 g/mol. The van der Waals surface area contributed by atoms with E-state index < -0.39 is 27.6 Å². The Labute approximate surface area is 223 Å². The number of sulfonamides is 1. The number of aliphatic imine (C=N–C) groups is 1. The lowest BCUT2D eigenvalue weighted by Gasteiger charge is -2.15. The molecule has 5 rings (SSSR count). The predicted octanol–water partition coefficient (Wildman–Crippen LogP) is 1.01. The molecule has 5 N–H and O–H groups in total. The van der Waals surface area contributed by atoms with Gasteiger partial charge in [-0.25, -0.2) is 13.4 Å². The maximum absolute atomic E-state index is 13.1. The maximum atomic E-state index is 13.1. The molecule has 0 unspecified atom stereocenters. The molecule has 1 aliphatic heterocycles. The SMILES string of the molecule is O=C(O)[C@H](Cc1nc2ccc(C=CCNC3=NCCN3)cc2c(=O)[nH]1)NS(=O)(=O)c1cccc2cccnc12. The Hall–Kier alpha value is -4.62. The van der Waals surface area contributed by atoms with Gasteiger partial charge in [-0.3, -0.25) is 19.6 Å². The highest BCUT2D eigenvalue weighted by Crippen LogP contribution is 2.21. The number of aliphatic carboxylic acids is 1. The van der Waals surface area contributed by atoms with Crippen LogP contribution < -0.4 is 20.9 Å². The number of carboxylic acids is 1. The molecule has 0 bridgehead atoms. The van der Waals surface area contributed by atoms with E-state index in [4.69, 9.17) is 0 Å². The highest BCUT2D eigenvalue weighted by atomic mass is 32.2.